The lowest BCUT2D eigenvalue weighted by molar-refractivity contribution is -0.276. The molecule has 4 saturated carbocycles. The van der Waals surface area contributed by atoms with Crippen molar-refractivity contribution < 1.29 is 19.4 Å². The summed E-state index contributed by atoms with van der Waals surface area (Å²) in [5, 5.41) is 22.3. The van der Waals surface area contributed by atoms with E-state index in [2.05, 4.69) is 26.5 Å². The number of methoxy groups -OCH3 is 1. The highest BCUT2D eigenvalue weighted by Crippen LogP contribution is 2.76. The smallest absolute Gasteiger partial charge is 0.220 e. The van der Waals surface area contributed by atoms with E-state index in [9.17, 15) is 9.90 Å². The Labute approximate surface area is 223 Å². The lowest BCUT2D eigenvalue weighted by atomic mass is 9.35. The van der Waals surface area contributed by atoms with Crippen LogP contribution in [0.2, 0.25) is 0 Å². The monoisotopic (exact) mass is 518 g/mol. The van der Waals surface area contributed by atoms with Crippen molar-refractivity contribution in [3.05, 3.63) is 23.3 Å². The lowest BCUT2D eigenvalue weighted by Crippen LogP contribution is -2.81. The van der Waals surface area contributed by atoms with Gasteiger partial charge in [-0.3, -0.25) is 9.69 Å². The number of nitrogens with one attached hydrogen (secondary N) is 1. The normalized spacial score (nSPS) is 39.6. The molecule has 8 heteroatoms. The predicted molar refractivity (Wildman–Crippen MR) is 143 cm³/mol. The molecular formula is C30H38N4O4. The number of carbonyl (C=O) groups is 1. The average molecular weight is 519 g/mol. The van der Waals surface area contributed by atoms with Crippen molar-refractivity contribution in [1.29, 1.82) is 0 Å². The van der Waals surface area contributed by atoms with Crippen LogP contribution in [-0.2, 0) is 21.4 Å². The summed E-state index contributed by atoms with van der Waals surface area (Å²) in [5.74, 6) is 2.04. The molecule has 3 aliphatic heterocycles. The molecule has 3 heterocycles. The van der Waals surface area contributed by atoms with E-state index >= 15 is 0 Å². The third kappa shape index (κ3) is 2.91. The number of nitrogens with zero attached hydrogens (tertiary/aromatic N) is 3. The zero-order valence-corrected chi connectivity index (χ0v) is 22.2. The van der Waals surface area contributed by atoms with Crippen LogP contribution in [-0.4, -0.2) is 72.3 Å². The molecule has 38 heavy (non-hydrogen) atoms. The Kier molecular flexibility index (Phi) is 4.96. The Hall–Kier alpha value is -2.45. The highest BCUT2D eigenvalue weighted by Gasteiger charge is 2.80. The molecule has 9 rings (SSSR count). The van der Waals surface area contributed by atoms with E-state index in [1.807, 2.05) is 13.2 Å². The van der Waals surface area contributed by atoms with Crippen LogP contribution in [0.3, 0.4) is 0 Å². The molecule has 2 N–H and O–H groups in total. The molecule has 1 aromatic rings. The fourth-order valence-corrected chi connectivity index (χ4v) is 9.83. The summed E-state index contributed by atoms with van der Waals surface area (Å²) < 4.78 is 13.4. The predicted octanol–water partition coefficient (Wildman–Crippen LogP) is 3.34. The fourth-order valence-electron chi connectivity index (χ4n) is 9.83. The summed E-state index contributed by atoms with van der Waals surface area (Å²) in [6.07, 6.45) is 11.4. The van der Waals surface area contributed by atoms with Crippen molar-refractivity contribution in [2.45, 2.75) is 87.4 Å². The number of hydrogen-bond donors (Lipinski definition) is 2. The van der Waals surface area contributed by atoms with Crippen LogP contribution in [0.1, 0.15) is 68.9 Å². The SMILES string of the molecule is COC12CC[C@@]3(CC1CNC(=O)CCC1=NN=CC1)[C@H]1Cc4ccc(O)c5c4[C@@]3(CCN1CC1CC1)C2O5. The first-order valence-corrected chi connectivity index (χ1v) is 14.7. The first-order chi connectivity index (χ1) is 18.5. The number of fused-ring (bicyclic) bond motifs is 2. The minimum absolute atomic E-state index is 0.0641. The maximum Gasteiger partial charge on any atom is 0.220 e. The van der Waals surface area contributed by atoms with Gasteiger partial charge in [-0.2, -0.15) is 10.2 Å². The molecule has 5 fully saturated rings. The number of aromatic hydroxyl groups is 1. The summed E-state index contributed by atoms with van der Waals surface area (Å²) in [6.45, 7) is 2.89. The van der Waals surface area contributed by atoms with E-state index in [1.165, 1.54) is 30.5 Å². The molecule has 1 aromatic carbocycles. The molecule has 3 unspecified atom stereocenters. The number of likely N-dealkylation sites (tertiary alicyclic amines) is 1. The molecule has 0 aromatic heterocycles. The molecule has 202 valence electrons. The summed E-state index contributed by atoms with van der Waals surface area (Å²) in [4.78, 5) is 15.7. The summed E-state index contributed by atoms with van der Waals surface area (Å²) in [7, 11) is 1.83. The number of phenols is 1. The second-order valence-corrected chi connectivity index (χ2v) is 13.0. The van der Waals surface area contributed by atoms with Crippen LogP contribution in [0, 0.1) is 17.3 Å². The van der Waals surface area contributed by atoms with Gasteiger partial charge in [0.15, 0.2) is 11.5 Å². The van der Waals surface area contributed by atoms with E-state index in [4.69, 9.17) is 9.47 Å². The molecule has 1 saturated heterocycles. The maximum atomic E-state index is 12.9. The number of amides is 1. The second kappa shape index (κ2) is 8.04. The quantitative estimate of drug-likeness (QED) is 0.550. The van der Waals surface area contributed by atoms with Gasteiger partial charge in [-0.15, -0.1) is 0 Å². The first kappa shape index (κ1) is 23.4. The van der Waals surface area contributed by atoms with Crippen molar-refractivity contribution in [2.75, 3.05) is 26.7 Å². The summed E-state index contributed by atoms with van der Waals surface area (Å²) in [5.41, 5.74) is 3.08. The van der Waals surface area contributed by atoms with Gasteiger partial charge in [-0.1, -0.05) is 6.07 Å². The number of carbonyl (C=O) groups excluding carboxylic acids is 1. The highest BCUT2D eigenvalue weighted by molar-refractivity contribution is 5.99. The molecular weight excluding hydrogens is 480 g/mol. The van der Waals surface area contributed by atoms with Gasteiger partial charge in [0.25, 0.3) is 0 Å². The van der Waals surface area contributed by atoms with Crippen molar-refractivity contribution in [1.82, 2.24) is 10.2 Å². The molecule has 6 atom stereocenters. The van der Waals surface area contributed by atoms with Crippen LogP contribution < -0.4 is 10.1 Å². The van der Waals surface area contributed by atoms with E-state index in [-0.39, 0.29) is 34.5 Å². The second-order valence-electron chi connectivity index (χ2n) is 13.0. The molecule has 1 amide bonds. The maximum absolute atomic E-state index is 12.9. The van der Waals surface area contributed by atoms with Gasteiger partial charge >= 0.3 is 0 Å². The average Bonchev–Trinajstić information content (AvgIpc) is 3.43. The first-order valence-electron chi connectivity index (χ1n) is 14.7. The van der Waals surface area contributed by atoms with Crippen LogP contribution in [0.4, 0.5) is 0 Å². The third-order valence-electron chi connectivity index (χ3n) is 11.6. The molecule has 8 aliphatic rings. The number of ether oxygens (including phenoxy) is 2. The van der Waals surface area contributed by atoms with E-state index < -0.39 is 5.60 Å². The number of phenolic OH excluding ortho intramolecular Hbond substituents is 1. The van der Waals surface area contributed by atoms with Gasteiger partial charge in [-0.25, -0.2) is 0 Å². The Morgan fingerprint density at radius 2 is 2.18 bits per heavy atom. The van der Waals surface area contributed by atoms with Crippen molar-refractivity contribution >= 4 is 17.8 Å². The fraction of sp³-hybridized carbons (Fsp3) is 0.700. The molecule has 4 bridgehead atoms. The van der Waals surface area contributed by atoms with Crippen molar-refractivity contribution in [3.63, 3.8) is 0 Å². The van der Waals surface area contributed by atoms with E-state index in [1.54, 1.807) is 6.21 Å². The van der Waals surface area contributed by atoms with Crippen LogP contribution in [0.5, 0.6) is 11.5 Å². The van der Waals surface area contributed by atoms with Gasteiger partial charge in [0, 0.05) is 73.3 Å². The standard InChI is InChI=1S/C30H38N4O4/c1-37-30-10-9-28(15-20(30)16-31-24(36)7-5-21-8-12-32-33-21)23-14-19-4-6-22(35)26-25(19)29(28,27(30)38-26)11-13-34(23)17-18-2-3-18/h4,6,12,18,20,23,27,35H,2-3,5,7-11,13-17H2,1H3,(H,31,36)/t20?,23-,27?,28-,29+,30?/m1/s1. The summed E-state index contributed by atoms with van der Waals surface area (Å²) >= 11 is 0. The Morgan fingerprint density at radius 3 is 2.97 bits per heavy atom. The highest BCUT2D eigenvalue weighted by atomic mass is 16.6. The van der Waals surface area contributed by atoms with Crippen LogP contribution in [0.15, 0.2) is 22.3 Å². The zero-order chi connectivity index (χ0) is 25.7. The largest absolute Gasteiger partial charge is 0.504 e. The molecule has 8 nitrogen and oxygen atoms in total. The Bertz CT molecular complexity index is 1260. The number of rotatable bonds is 8. The topological polar surface area (TPSA) is 95.8 Å². The number of piperidine rings is 1. The van der Waals surface area contributed by atoms with Gasteiger partial charge in [0.2, 0.25) is 5.91 Å². The third-order valence-corrected chi connectivity index (χ3v) is 11.6. The minimum Gasteiger partial charge on any atom is -0.504 e. The lowest BCUT2D eigenvalue weighted by Gasteiger charge is -2.74. The number of benzene rings is 1. The van der Waals surface area contributed by atoms with Crippen LogP contribution in [0.25, 0.3) is 0 Å². The van der Waals surface area contributed by atoms with Gasteiger partial charge < -0.3 is 19.9 Å². The molecule has 5 aliphatic carbocycles. The van der Waals surface area contributed by atoms with Crippen LogP contribution >= 0.6 is 0 Å². The van der Waals surface area contributed by atoms with E-state index in [0.717, 1.165) is 56.7 Å². The number of hydrogen-bond acceptors (Lipinski definition) is 7. The van der Waals surface area contributed by atoms with Gasteiger partial charge in [0.05, 0.1) is 0 Å². The minimum atomic E-state index is -0.484. The van der Waals surface area contributed by atoms with Gasteiger partial charge in [0.1, 0.15) is 11.7 Å². The van der Waals surface area contributed by atoms with Crippen molar-refractivity contribution in [3.8, 4) is 11.5 Å². The Morgan fingerprint density at radius 1 is 1.29 bits per heavy atom. The van der Waals surface area contributed by atoms with Gasteiger partial charge in [-0.05, 0) is 75.5 Å². The summed E-state index contributed by atoms with van der Waals surface area (Å²) in [6, 6.07) is 4.46. The Balaban J connectivity index is 1.15. The van der Waals surface area contributed by atoms with Crippen molar-refractivity contribution in [2.24, 2.45) is 27.5 Å². The molecule has 2 spiro atoms. The van der Waals surface area contributed by atoms with E-state index in [0.29, 0.717) is 31.2 Å². The molecule has 0 radical (unpaired) electrons. The zero-order valence-electron chi connectivity index (χ0n) is 22.2.